The summed E-state index contributed by atoms with van der Waals surface area (Å²) in [6.45, 7) is 3.86. The molecule has 0 aromatic heterocycles. The number of nitrogens with zero attached hydrogens (tertiary/aromatic N) is 1. The number of hydrogen-bond donors (Lipinski definition) is 1. The van der Waals surface area contributed by atoms with E-state index in [1.54, 1.807) is 0 Å². The minimum absolute atomic E-state index is 0.000842. The van der Waals surface area contributed by atoms with E-state index in [-0.39, 0.29) is 48.4 Å². The van der Waals surface area contributed by atoms with Crippen molar-refractivity contribution >= 4 is 23.7 Å². The summed E-state index contributed by atoms with van der Waals surface area (Å²) in [6.07, 6.45) is 4.19. The number of amides is 3. The lowest BCUT2D eigenvalue weighted by atomic mass is 9.81. The van der Waals surface area contributed by atoms with Gasteiger partial charge in [-0.05, 0) is 18.8 Å². The maximum Gasteiger partial charge on any atom is 0.328 e. The molecule has 1 aliphatic heterocycles. The van der Waals surface area contributed by atoms with Gasteiger partial charge < -0.3 is 10.1 Å². The monoisotopic (exact) mass is 352 g/mol. The molecule has 1 saturated heterocycles. The highest BCUT2D eigenvalue weighted by Crippen LogP contribution is 2.37. The number of hydrogen-bond acceptors (Lipinski definition) is 5. The van der Waals surface area contributed by atoms with Crippen molar-refractivity contribution in [2.75, 3.05) is 13.7 Å². The third-order valence-electron chi connectivity index (χ3n) is 5.48. The van der Waals surface area contributed by atoms with E-state index < -0.39 is 12.0 Å². The summed E-state index contributed by atoms with van der Waals surface area (Å²) >= 11 is 0. The van der Waals surface area contributed by atoms with Gasteiger partial charge in [0.15, 0.2) is 0 Å². The van der Waals surface area contributed by atoms with Gasteiger partial charge in [0.1, 0.15) is 6.04 Å². The minimum Gasteiger partial charge on any atom is -0.467 e. The van der Waals surface area contributed by atoms with Crippen molar-refractivity contribution in [1.29, 1.82) is 0 Å². The average Bonchev–Trinajstić information content (AvgIpc) is 2.87. The van der Waals surface area contributed by atoms with E-state index in [4.69, 9.17) is 4.74 Å². The van der Waals surface area contributed by atoms with E-state index in [0.717, 1.165) is 25.7 Å². The van der Waals surface area contributed by atoms with Gasteiger partial charge in [-0.3, -0.25) is 19.3 Å². The Morgan fingerprint density at radius 3 is 2.24 bits per heavy atom. The molecule has 0 spiro atoms. The number of imide groups is 1. The van der Waals surface area contributed by atoms with Crippen LogP contribution in [0.3, 0.4) is 0 Å². The molecule has 1 aliphatic carbocycles. The molecule has 2 fully saturated rings. The van der Waals surface area contributed by atoms with Crippen LogP contribution in [0.5, 0.6) is 0 Å². The van der Waals surface area contributed by atoms with Gasteiger partial charge in [-0.2, -0.15) is 0 Å². The Morgan fingerprint density at radius 1 is 1.20 bits per heavy atom. The summed E-state index contributed by atoms with van der Waals surface area (Å²) < 4.78 is 4.74. The first-order valence-electron chi connectivity index (χ1n) is 9.13. The Labute approximate surface area is 148 Å². The molecule has 4 atom stereocenters. The van der Waals surface area contributed by atoms with Crippen LogP contribution in [0.4, 0.5) is 0 Å². The zero-order valence-electron chi connectivity index (χ0n) is 15.2. The Kier molecular flexibility index (Phi) is 6.56. The Bertz CT molecular complexity index is 524. The Balaban J connectivity index is 1.91. The maximum absolute atomic E-state index is 12.4. The van der Waals surface area contributed by atoms with Crippen molar-refractivity contribution in [2.24, 2.45) is 17.8 Å². The second-order valence-corrected chi connectivity index (χ2v) is 7.03. The first-order valence-corrected chi connectivity index (χ1v) is 9.13. The van der Waals surface area contributed by atoms with E-state index in [1.807, 2.05) is 13.8 Å². The summed E-state index contributed by atoms with van der Waals surface area (Å²) in [4.78, 5) is 50.1. The normalized spacial score (nSPS) is 25.3. The summed E-state index contributed by atoms with van der Waals surface area (Å²) in [5.41, 5.74) is 0. The number of nitrogens with one attached hydrogen (secondary N) is 1. The second-order valence-electron chi connectivity index (χ2n) is 7.03. The maximum atomic E-state index is 12.4. The van der Waals surface area contributed by atoms with Gasteiger partial charge in [0.2, 0.25) is 17.7 Å². The molecule has 1 saturated carbocycles. The van der Waals surface area contributed by atoms with E-state index in [0.29, 0.717) is 6.42 Å². The van der Waals surface area contributed by atoms with Crippen LogP contribution in [0.1, 0.15) is 52.4 Å². The van der Waals surface area contributed by atoms with Crippen LogP contribution in [0.25, 0.3) is 0 Å². The zero-order chi connectivity index (χ0) is 18.6. The van der Waals surface area contributed by atoms with Crippen molar-refractivity contribution in [3.05, 3.63) is 0 Å². The highest BCUT2D eigenvalue weighted by Gasteiger charge is 2.47. The number of carbonyl (C=O) groups excluding carboxylic acids is 4. The van der Waals surface area contributed by atoms with Crippen LogP contribution in [0.2, 0.25) is 0 Å². The largest absolute Gasteiger partial charge is 0.467 e. The van der Waals surface area contributed by atoms with Crippen molar-refractivity contribution in [1.82, 2.24) is 10.2 Å². The molecular formula is C18H28N2O5. The second kappa shape index (κ2) is 8.45. The van der Waals surface area contributed by atoms with Gasteiger partial charge in [-0.15, -0.1) is 0 Å². The molecule has 2 aliphatic rings. The lowest BCUT2D eigenvalue weighted by Crippen LogP contribution is -2.46. The predicted octanol–water partition coefficient (Wildman–Crippen LogP) is 1.26. The van der Waals surface area contributed by atoms with Gasteiger partial charge in [0.05, 0.1) is 18.9 Å². The van der Waals surface area contributed by atoms with E-state index >= 15 is 0 Å². The number of fused-ring (bicyclic) bond motifs is 1. The number of carbonyl (C=O) groups is 4. The van der Waals surface area contributed by atoms with Gasteiger partial charge in [-0.25, -0.2) is 4.79 Å². The topological polar surface area (TPSA) is 92.8 Å². The molecule has 7 nitrogen and oxygen atoms in total. The van der Waals surface area contributed by atoms with Crippen molar-refractivity contribution < 1.29 is 23.9 Å². The Hall–Kier alpha value is -1.92. The summed E-state index contributed by atoms with van der Waals surface area (Å²) in [7, 11) is 1.28. The van der Waals surface area contributed by atoms with Crippen LogP contribution >= 0.6 is 0 Å². The van der Waals surface area contributed by atoms with Crippen LogP contribution in [0.15, 0.2) is 0 Å². The number of esters is 1. The molecule has 0 aromatic carbocycles. The van der Waals surface area contributed by atoms with E-state index in [9.17, 15) is 19.2 Å². The van der Waals surface area contributed by atoms with Crippen LogP contribution < -0.4 is 5.32 Å². The Morgan fingerprint density at radius 2 is 1.76 bits per heavy atom. The summed E-state index contributed by atoms with van der Waals surface area (Å²) in [5.74, 6) is -1.59. The van der Waals surface area contributed by atoms with Crippen LogP contribution in [-0.2, 0) is 23.9 Å². The van der Waals surface area contributed by atoms with Crippen molar-refractivity contribution in [3.8, 4) is 0 Å². The summed E-state index contributed by atoms with van der Waals surface area (Å²) in [5, 5.41) is 2.67. The minimum atomic E-state index is -0.713. The van der Waals surface area contributed by atoms with E-state index in [1.165, 1.54) is 12.0 Å². The molecule has 2 rings (SSSR count). The predicted molar refractivity (Wildman–Crippen MR) is 90.2 cm³/mol. The van der Waals surface area contributed by atoms with Crippen molar-refractivity contribution in [2.45, 2.75) is 58.4 Å². The summed E-state index contributed by atoms with van der Waals surface area (Å²) in [6, 6.07) is -0.713. The molecule has 0 aromatic rings. The lowest BCUT2D eigenvalue weighted by molar-refractivity contribution is -0.147. The third kappa shape index (κ3) is 4.19. The molecule has 3 amide bonds. The molecule has 25 heavy (non-hydrogen) atoms. The van der Waals surface area contributed by atoms with Gasteiger partial charge >= 0.3 is 5.97 Å². The fraction of sp³-hybridized carbons (Fsp3) is 0.778. The lowest BCUT2D eigenvalue weighted by Gasteiger charge is -2.22. The first-order chi connectivity index (χ1) is 11.9. The van der Waals surface area contributed by atoms with Crippen LogP contribution in [-0.4, -0.2) is 48.3 Å². The number of methoxy groups -OCH3 is 1. The number of likely N-dealkylation sites (tertiary alicyclic amines) is 1. The average molecular weight is 352 g/mol. The zero-order valence-corrected chi connectivity index (χ0v) is 15.2. The number of ether oxygens (including phenoxy) is 1. The third-order valence-corrected chi connectivity index (χ3v) is 5.48. The fourth-order valence-corrected chi connectivity index (χ4v) is 3.71. The molecule has 140 valence electrons. The molecule has 7 heteroatoms. The smallest absolute Gasteiger partial charge is 0.328 e. The van der Waals surface area contributed by atoms with Crippen LogP contribution in [0, 0.1) is 17.8 Å². The SMILES string of the molecule is CC[C@H](C)[C@H](NC(=O)CCN1C(=O)[C@H]2CCCC[C@H]2C1=O)C(=O)OC. The quantitative estimate of drug-likeness (QED) is 0.550. The molecule has 0 bridgehead atoms. The van der Waals surface area contributed by atoms with Gasteiger partial charge in [-0.1, -0.05) is 33.1 Å². The molecule has 1 heterocycles. The molecular weight excluding hydrogens is 324 g/mol. The first kappa shape index (κ1) is 19.4. The van der Waals surface area contributed by atoms with Gasteiger partial charge in [0.25, 0.3) is 0 Å². The molecule has 0 unspecified atom stereocenters. The highest BCUT2D eigenvalue weighted by atomic mass is 16.5. The van der Waals surface area contributed by atoms with Gasteiger partial charge in [0, 0.05) is 13.0 Å². The fourth-order valence-electron chi connectivity index (χ4n) is 3.71. The molecule has 0 radical (unpaired) electrons. The molecule has 1 N–H and O–H groups in total. The standard InChI is InChI=1S/C18H28N2O5/c1-4-11(2)15(18(24)25-3)19-14(21)9-10-20-16(22)12-7-5-6-8-13(12)17(20)23/h11-13,15H,4-10H2,1-3H3,(H,19,21)/t11-,12-,13+,15-/m0/s1. The van der Waals surface area contributed by atoms with E-state index in [2.05, 4.69) is 5.32 Å². The number of rotatable bonds is 7. The van der Waals surface area contributed by atoms with Crippen molar-refractivity contribution in [3.63, 3.8) is 0 Å². The highest BCUT2D eigenvalue weighted by molar-refractivity contribution is 6.05.